The van der Waals surface area contributed by atoms with Crippen LogP contribution < -0.4 is 14.8 Å². The second kappa shape index (κ2) is 7.96. The predicted octanol–water partition coefficient (Wildman–Crippen LogP) is 3.64. The molecule has 2 aromatic rings. The molecule has 0 aromatic heterocycles. The van der Waals surface area contributed by atoms with E-state index in [1.165, 1.54) is 24.3 Å². The maximum Gasteiger partial charge on any atom is 0.269 e. The van der Waals surface area contributed by atoms with Crippen LogP contribution in [0.25, 0.3) is 0 Å². The van der Waals surface area contributed by atoms with Crippen LogP contribution >= 0.6 is 0 Å². The van der Waals surface area contributed by atoms with Crippen LogP contribution in [-0.4, -0.2) is 24.0 Å². The summed E-state index contributed by atoms with van der Waals surface area (Å²) in [5, 5.41) is 13.3. The largest absolute Gasteiger partial charge is 0.490 e. The topological polar surface area (TPSA) is 90.7 Å². The third-order valence-electron chi connectivity index (χ3n) is 3.14. The van der Waals surface area contributed by atoms with Crippen LogP contribution in [-0.2, 0) is 0 Å². The van der Waals surface area contributed by atoms with Gasteiger partial charge in [0.05, 0.1) is 18.1 Å². The number of benzene rings is 2. The molecule has 0 atom stereocenters. The van der Waals surface area contributed by atoms with Crippen molar-refractivity contribution in [3.63, 3.8) is 0 Å². The van der Waals surface area contributed by atoms with Gasteiger partial charge >= 0.3 is 0 Å². The number of amides is 1. The van der Waals surface area contributed by atoms with Crippen LogP contribution in [0, 0.1) is 10.1 Å². The van der Waals surface area contributed by atoms with E-state index < -0.39 is 4.92 Å². The van der Waals surface area contributed by atoms with E-state index in [0.717, 1.165) is 0 Å². The summed E-state index contributed by atoms with van der Waals surface area (Å²) in [6.07, 6.45) is 0. The van der Waals surface area contributed by atoms with Crippen LogP contribution in [0.4, 0.5) is 11.4 Å². The fourth-order valence-corrected chi connectivity index (χ4v) is 2.06. The van der Waals surface area contributed by atoms with Crippen LogP contribution in [0.2, 0.25) is 0 Å². The highest BCUT2D eigenvalue weighted by Crippen LogP contribution is 2.29. The highest BCUT2D eigenvalue weighted by molar-refractivity contribution is 6.04. The summed E-state index contributed by atoms with van der Waals surface area (Å²) in [6, 6.07) is 10.5. The highest BCUT2D eigenvalue weighted by Gasteiger charge is 2.12. The predicted molar refractivity (Wildman–Crippen MR) is 89.8 cm³/mol. The molecule has 7 nitrogen and oxygen atoms in total. The van der Waals surface area contributed by atoms with Gasteiger partial charge < -0.3 is 14.8 Å². The number of non-ortho nitro benzene ring substituents is 1. The fourth-order valence-electron chi connectivity index (χ4n) is 2.06. The van der Waals surface area contributed by atoms with Gasteiger partial charge in [0.1, 0.15) is 0 Å². The molecule has 7 heteroatoms. The molecule has 24 heavy (non-hydrogen) atoms. The maximum atomic E-state index is 12.3. The SMILES string of the molecule is CCOc1ccc(C(=O)Nc2ccc([N+](=O)[O-])cc2)cc1OCC. The number of hydrogen-bond donors (Lipinski definition) is 1. The molecule has 0 saturated heterocycles. The maximum absolute atomic E-state index is 12.3. The minimum Gasteiger partial charge on any atom is -0.490 e. The zero-order chi connectivity index (χ0) is 17.5. The minimum absolute atomic E-state index is 0.0345. The molecule has 0 aliphatic rings. The first kappa shape index (κ1) is 17.3. The summed E-state index contributed by atoms with van der Waals surface area (Å²) < 4.78 is 11.0. The van der Waals surface area contributed by atoms with Crippen LogP contribution in [0.5, 0.6) is 11.5 Å². The first-order chi connectivity index (χ1) is 11.5. The molecule has 0 fully saturated rings. The summed E-state index contributed by atoms with van der Waals surface area (Å²) in [4.78, 5) is 22.5. The highest BCUT2D eigenvalue weighted by atomic mass is 16.6. The number of nitro groups is 1. The zero-order valence-electron chi connectivity index (χ0n) is 13.4. The van der Waals surface area contributed by atoms with E-state index >= 15 is 0 Å². The van der Waals surface area contributed by atoms with Crippen LogP contribution in [0.3, 0.4) is 0 Å². The van der Waals surface area contributed by atoms with Crippen LogP contribution in [0.1, 0.15) is 24.2 Å². The van der Waals surface area contributed by atoms with Crippen molar-refractivity contribution in [3.05, 3.63) is 58.1 Å². The molecule has 2 rings (SSSR count). The minimum atomic E-state index is -0.494. The third kappa shape index (κ3) is 4.22. The first-order valence-electron chi connectivity index (χ1n) is 7.50. The van der Waals surface area contributed by atoms with Crippen molar-refractivity contribution in [2.24, 2.45) is 0 Å². The summed E-state index contributed by atoms with van der Waals surface area (Å²) in [7, 11) is 0. The van der Waals surface area contributed by atoms with Gasteiger partial charge in [0.25, 0.3) is 11.6 Å². The molecule has 0 aliphatic carbocycles. The van der Waals surface area contributed by atoms with E-state index in [2.05, 4.69) is 5.32 Å². The van der Waals surface area contributed by atoms with Crippen molar-refractivity contribution in [3.8, 4) is 11.5 Å². The molecule has 1 N–H and O–H groups in total. The Hall–Kier alpha value is -3.09. The van der Waals surface area contributed by atoms with Gasteiger partial charge in [-0.3, -0.25) is 14.9 Å². The molecule has 0 bridgehead atoms. The second-order valence-electron chi connectivity index (χ2n) is 4.79. The number of hydrogen-bond acceptors (Lipinski definition) is 5. The van der Waals surface area contributed by atoms with Crippen molar-refractivity contribution in [2.45, 2.75) is 13.8 Å². The van der Waals surface area contributed by atoms with E-state index in [-0.39, 0.29) is 11.6 Å². The fraction of sp³-hybridized carbons (Fsp3) is 0.235. The Labute approximate surface area is 139 Å². The van der Waals surface area contributed by atoms with E-state index in [4.69, 9.17) is 9.47 Å². The van der Waals surface area contributed by atoms with Gasteiger partial charge in [0.2, 0.25) is 0 Å². The molecule has 0 radical (unpaired) electrons. The number of carbonyl (C=O) groups excluding carboxylic acids is 1. The molecule has 0 saturated carbocycles. The van der Waals surface area contributed by atoms with Crippen molar-refractivity contribution in [1.29, 1.82) is 0 Å². The van der Waals surface area contributed by atoms with Crippen molar-refractivity contribution in [1.82, 2.24) is 0 Å². The summed E-state index contributed by atoms with van der Waals surface area (Å²) in [6.45, 7) is 4.66. The Kier molecular flexibility index (Phi) is 5.73. The Morgan fingerprint density at radius 1 is 1.04 bits per heavy atom. The average Bonchev–Trinajstić information content (AvgIpc) is 2.57. The Bertz CT molecular complexity index is 728. The first-order valence-corrected chi connectivity index (χ1v) is 7.50. The standard InChI is InChI=1S/C17H18N2O5/c1-3-23-15-10-5-12(11-16(15)24-4-2)17(20)18-13-6-8-14(9-7-13)19(21)22/h5-11H,3-4H2,1-2H3,(H,18,20). The molecule has 126 valence electrons. The van der Waals surface area contributed by atoms with Gasteiger partial charge in [-0.25, -0.2) is 0 Å². The number of carbonyl (C=O) groups is 1. The second-order valence-corrected chi connectivity index (χ2v) is 4.79. The van der Waals surface area contributed by atoms with Gasteiger partial charge in [-0.2, -0.15) is 0 Å². The van der Waals surface area contributed by atoms with Crippen molar-refractivity contribution < 1.29 is 19.2 Å². The molecule has 0 spiro atoms. The average molecular weight is 330 g/mol. The molecule has 0 unspecified atom stereocenters. The number of nitrogens with zero attached hydrogens (tertiary/aromatic N) is 1. The number of nitro benzene ring substituents is 1. The smallest absolute Gasteiger partial charge is 0.269 e. The van der Waals surface area contributed by atoms with Crippen molar-refractivity contribution >= 4 is 17.3 Å². The Morgan fingerprint density at radius 3 is 2.25 bits per heavy atom. The number of nitrogens with one attached hydrogen (secondary N) is 1. The van der Waals surface area contributed by atoms with Gasteiger partial charge in [-0.15, -0.1) is 0 Å². The lowest BCUT2D eigenvalue weighted by Gasteiger charge is -2.12. The van der Waals surface area contributed by atoms with Crippen LogP contribution in [0.15, 0.2) is 42.5 Å². The van der Waals surface area contributed by atoms with E-state index in [9.17, 15) is 14.9 Å². The molecular weight excluding hydrogens is 312 g/mol. The van der Waals surface area contributed by atoms with Crippen molar-refractivity contribution in [2.75, 3.05) is 18.5 Å². The molecule has 0 heterocycles. The van der Waals surface area contributed by atoms with E-state index in [1.807, 2.05) is 13.8 Å². The monoisotopic (exact) mass is 330 g/mol. The third-order valence-corrected chi connectivity index (χ3v) is 3.14. The molecular formula is C17H18N2O5. The Balaban J connectivity index is 2.16. The molecule has 1 amide bonds. The molecule has 2 aromatic carbocycles. The Morgan fingerprint density at radius 2 is 1.67 bits per heavy atom. The number of rotatable bonds is 7. The lowest BCUT2D eigenvalue weighted by molar-refractivity contribution is -0.384. The summed E-state index contributed by atoms with van der Waals surface area (Å²) >= 11 is 0. The number of ether oxygens (including phenoxy) is 2. The van der Waals surface area contributed by atoms with E-state index in [0.29, 0.717) is 36.0 Å². The molecule has 0 aliphatic heterocycles. The quantitative estimate of drug-likeness (QED) is 0.618. The van der Waals surface area contributed by atoms with Gasteiger partial charge in [0.15, 0.2) is 11.5 Å². The summed E-state index contributed by atoms with van der Waals surface area (Å²) in [5.74, 6) is 0.731. The normalized spacial score (nSPS) is 10.1. The number of anilines is 1. The lowest BCUT2D eigenvalue weighted by atomic mass is 10.1. The van der Waals surface area contributed by atoms with Gasteiger partial charge in [-0.1, -0.05) is 0 Å². The zero-order valence-corrected chi connectivity index (χ0v) is 13.4. The summed E-state index contributed by atoms with van der Waals surface area (Å²) in [5.41, 5.74) is 0.838. The van der Waals surface area contributed by atoms with Gasteiger partial charge in [0, 0.05) is 23.4 Å². The van der Waals surface area contributed by atoms with Gasteiger partial charge in [-0.05, 0) is 44.2 Å². The van der Waals surface area contributed by atoms with E-state index in [1.54, 1.807) is 18.2 Å². The lowest BCUT2D eigenvalue weighted by Crippen LogP contribution is -2.12.